The van der Waals surface area contributed by atoms with E-state index in [1.54, 1.807) is 18.2 Å². The molecule has 126 valence electrons. The van der Waals surface area contributed by atoms with E-state index in [2.05, 4.69) is 12.2 Å². The zero-order valence-corrected chi connectivity index (χ0v) is 14.2. The van der Waals surface area contributed by atoms with Gasteiger partial charge in [0.2, 0.25) is 0 Å². The van der Waals surface area contributed by atoms with E-state index in [1.165, 1.54) is 6.42 Å². The van der Waals surface area contributed by atoms with Crippen LogP contribution in [0.5, 0.6) is 0 Å². The summed E-state index contributed by atoms with van der Waals surface area (Å²) in [6.45, 7) is 1.93. The Kier molecular flexibility index (Phi) is 6.02. The van der Waals surface area contributed by atoms with Crippen LogP contribution in [-0.2, 0) is 9.53 Å². The SMILES string of the molecule is C[C@@H]1CCCC[C@H]1NC(=O)COC(=O)c1cccc(N(C)C)c1. The number of hydrogen-bond donors (Lipinski definition) is 1. The molecule has 0 aliphatic heterocycles. The van der Waals surface area contributed by atoms with Crippen molar-refractivity contribution >= 4 is 17.6 Å². The van der Waals surface area contributed by atoms with Crippen molar-refractivity contribution < 1.29 is 14.3 Å². The minimum Gasteiger partial charge on any atom is -0.452 e. The summed E-state index contributed by atoms with van der Waals surface area (Å²) in [7, 11) is 3.81. The lowest BCUT2D eigenvalue weighted by molar-refractivity contribution is -0.125. The van der Waals surface area contributed by atoms with Gasteiger partial charge in [-0.15, -0.1) is 0 Å². The number of nitrogens with one attached hydrogen (secondary N) is 1. The molecule has 23 heavy (non-hydrogen) atoms. The number of hydrogen-bond acceptors (Lipinski definition) is 4. The van der Waals surface area contributed by atoms with Crippen molar-refractivity contribution in [2.45, 2.75) is 38.6 Å². The Morgan fingerprint density at radius 3 is 2.70 bits per heavy atom. The molecule has 1 aliphatic carbocycles. The Bertz CT molecular complexity index is 557. The molecule has 1 aliphatic rings. The van der Waals surface area contributed by atoms with Crippen LogP contribution < -0.4 is 10.2 Å². The predicted octanol–water partition coefficient (Wildman–Crippen LogP) is 2.60. The molecule has 5 heteroatoms. The van der Waals surface area contributed by atoms with Gasteiger partial charge in [0.1, 0.15) is 0 Å². The second-order valence-electron chi connectivity index (χ2n) is 6.46. The highest BCUT2D eigenvalue weighted by atomic mass is 16.5. The number of carbonyl (C=O) groups is 2. The molecule has 0 saturated heterocycles. The smallest absolute Gasteiger partial charge is 0.338 e. The summed E-state index contributed by atoms with van der Waals surface area (Å²) in [5.41, 5.74) is 1.37. The highest BCUT2D eigenvalue weighted by Gasteiger charge is 2.23. The number of anilines is 1. The van der Waals surface area contributed by atoms with Crippen LogP contribution in [0.3, 0.4) is 0 Å². The summed E-state index contributed by atoms with van der Waals surface area (Å²) < 4.78 is 5.13. The molecule has 0 aromatic heterocycles. The van der Waals surface area contributed by atoms with Gasteiger partial charge in [0.15, 0.2) is 6.61 Å². The molecule has 1 N–H and O–H groups in total. The van der Waals surface area contributed by atoms with Gasteiger partial charge in [0.25, 0.3) is 5.91 Å². The lowest BCUT2D eigenvalue weighted by Crippen LogP contribution is -2.42. The zero-order chi connectivity index (χ0) is 16.8. The molecule has 0 heterocycles. The average molecular weight is 318 g/mol. The molecule has 2 atom stereocenters. The molecule has 0 radical (unpaired) electrons. The van der Waals surface area contributed by atoms with E-state index in [-0.39, 0.29) is 18.6 Å². The Morgan fingerprint density at radius 2 is 2.00 bits per heavy atom. The van der Waals surface area contributed by atoms with Crippen LogP contribution in [0.4, 0.5) is 5.69 Å². The summed E-state index contributed by atoms with van der Waals surface area (Å²) in [6, 6.07) is 7.36. The molecule has 1 aromatic rings. The van der Waals surface area contributed by atoms with Crippen molar-refractivity contribution in [3.8, 4) is 0 Å². The van der Waals surface area contributed by atoms with Gasteiger partial charge in [-0.1, -0.05) is 25.8 Å². The van der Waals surface area contributed by atoms with Gasteiger partial charge in [-0.3, -0.25) is 4.79 Å². The van der Waals surface area contributed by atoms with Gasteiger partial charge >= 0.3 is 5.97 Å². The molecule has 5 nitrogen and oxygen atoms in total. The van der Waals surface area contributed by atoms with Crippen molar-refractivity contribution in [2.75, 3.05) is 25.6 Å². The maximum Gasteiger partial charge on any atom is 0.338 e. The van der Waals surface area contributed by atoms with E-state index in [0.29, 0.717) is 11.5 Å². The van der Waals surface area contributed by atoms with Gasteiger partial charge in [-0.05, 0) is 37.0 Å². The highest BCUT2D eigenvalue weighted by molar-refractivity contribution is 5.92. The van der Waals surface area contributed by atoms with Crippen molar-refractivity contribution in [3.05, 3.63) is 29.8 Å². The largest absolute Gasteiger partial charge is 0.452 e. The first-order valence-electron chi connectivity index (χ1n) is 8.21. The van der Waals surface area contributed by atoms with Crippen molar-refractivity contribution in [3.63, 3.8) is 0 Å². The van der Waals surface area contributed by atoms with E-state index in [0.717, 1.165) is 24.9 Å². The third-order valence-corrected chi connectivity index (χ3v) is 4.39. The van der Waals surface area contributed by atoms with Crippen LogP contribution >= 0.6 is 0 Å². The van der Waals surface area contributed by atoms with Gasteiger partial charge in [-0.2, -0.15) is 0 Å². The standard InChI is InChI=1S/C18H26N2O3/c1-13-7-4-5-10-16(13)19-17(21)12-23-18(22)14-8-6-9-15(11-14)20(2)3/h6,8-9,11,13,16H,4-5,7,10,12H2,1-3H3,(H,19,21)/t13-,16-/m1/s1. The number of benzene rings is 1. The van der Waals surface area contributed by atoms with Crippen molar-refractivity contribution in [2.24, 2.45) is 5.92 Å². The second kappa shape index (κ2) is 7.99. The molecule has 1 fully saturated rings. The Morgan fingerprint density at radius 1 is 1.26 bits per heavy atom. The predicted molar refractivity (Wildman–Crippen MR) is 90.6 cm³/mol. The minimum absolute atomic E-state index is 0.201. The van der Waals surface area contributed by atoms with Crippen molar-refractivity contribution in [1.82, 2.24) is 5.32 Å². The van der Waals surface area contributed by atoms with Crippen LogP contribution in [0.15, 0.2) is 24.3 Å². The third-order valence-electron chi connectivity index (χ3n) is 4.39. The number of esters is 1. The van der Waals surface area contributed by atoms with Crippen LogP contribution in [0.2, 0.25) is 0 Å². The average Bonchev–Trinajstić information content (AvgIpc) is 2.55. The maximum atomic E-state index is 12.1. The molecule has 0 unspecified atom stereocenters. The number of amides is 1. The van der Waals surface area contributed by atoms with E-state index >= 15 is 0 Å². The number of ether oxygens (including phenoxy) is 1. The number of carbonyl (C=O) groups excluding carboxylic acids is 2. The molecular weight excluding hydrogens is 292 g/mol. The summed E-state index contributed by atoms with van der Waals surface area (Å²) in [5, 5.41) is 2.98. The lowest BCUT2D eigenvalue weighted by atomic mass is 9.86. The summed E-state index contributed by atoms with van der Waals surface area (Å²) in [5.74, 6) is -0.207. The summed E-state index contributed by atoms with van der Waals surface area (Å²) >= 11 is 0. The van der Waals surface area contributed by atoms with Crippen LogP contribution in [0.1, 0.15) is 43.0 Å². The number of rotatable bonds is 5. The molecule has 1 saturated carbocycles. The van der Waals surface area contributed by atoms with E-state index in [9.17, 15) is 9.59 Å². The second-order valence-corrected chi connectivity index (χ2v) is 6.46. The Labute approximate surface area is 138 Å². The normalized spacial score (nSPS) is 20.7. The van der Waals surface area contributed by atoms with E-state index in [4.69, 9.17) is 4.74 Å². The summed E-state index contributed by atoms with van der Waals surface area (Å²) in [4.78, 5) is 25.9. The Hall–Kier alpha value is -2.04. The lowest BCUT2D eigenvalue weighted by Gasteiger charge is -2.29. The maximum absolute atomic E-state index is 12.1. The monoisotopic (exact) mass is 318 g/mol. The van der Waals surface area contributed by atoms with Crippen LogP contribution in [0.25, 0.3) is 0 Å². The highest BCUT2D eigenvalue weighted by Crippen LogP contribution is 2.23. The molecule has 0 bridgehead atoms. The van der Waals surface area contributed by atoms with E-state index in [1.807, 2.05) is 25.1 Å². The number of nitrogens with zero attached hydrogens (tertiary/aromatic N) is 1. The quantitative estimate of drug-likeness (QED) is 0.848. The first-order valence-corrected chi connectivity index (χ1v) is 8.21. The van der Waals surface area contributed by atoms with Crippen LogP contribution in [-0.4, -0.2) is 38.6 Å². The first kappa shape index (κ1) is 17.3. The van der Waals surface area contributed by atoms with Gasteiger partial charge in [0.05, 0.1) is 5.56 Å². The molecule has 1 aromatic carbocycles. The topological polar surface area (TPSA) is 58.6 Å². The van der Waals surface area contributed by atoms with Gasteiger partial charge in [0, 0.05) is 25.8 Å². The molecule has 1 amide bonds. The fourth-order valence-corrected chi connectivity index (χ4v) is 2.90. The fourth-order valence-electron chi connectivity index (χ4n) is 2.90. The first-order chi connectivity index (χ1) is 11.0. The van der Waals surface area contributed by atoms with Gasteiger partial charge in [-0.25, -0.2) is 4.79 Å². The summed E-state index contributed by atoms with van der Waals surface area (Å²) in [6.07, 6.45) is 4.52. The fraction of sp³-hybridized carbons (Fsp3) is 0.556. The van der Waals surface area contributed by atoms with E-state index < -0.39 is 5.97 Å². The molecule has 2 rings (SSSR count). The third kappa shape index (κ3) is 4.98. The van der Waals surface area contributed by atoms with Gasteiger partial charge < -0.3 is 15.0 Å². The zero-order valence-electron chi connectivity index (χ0n) is 14.2. The molecular formula is C18H26N2O3. The van der Waals surface area contributed by atoms with Crippen molar-refractivity contribution in [1.29, 1.82) is 0 Å². The molecule has 0 spiro atoms. The minimum atomic E-state index is -0.472. The Balaban J connectivity index is 1.84. The van der Waals surface area contributed by atoms with Crippen LogP contribution in [0, 0.1) is 5.92 Å².